The van der Waals surface area contributed by atoms with Crippen LogP contribution in [0.4, 0.5) is 4.39 Å². The van der Waals surface area contributed by atoms with Crippen LogP contribution in [0.3, 0.4) is 0 Å². The third-order valence-corrected chi connectivity index (χ3v) is 6.60. The Morgan fingerprint density at radius 1 is 1.40 bits per heavy atom. The Bertz CT molecular complexity index is 865. The molecular formula is C16H17FN2O4S2. The summed E-state index contributed by atoms with van der Waals surface area (Å²) in [6, 6.07) is 5.33. The third-order valence-electron chi connectivity index (χ3n) is 4.02. The highest BCUT2D eigenvalue weighted by Crippen LogP contribution is 2.20. The lowest BCUT2D eigenvalue weighted by atomic mass is 10.2. The van der Waals surface area contributed by atoms with Gasteiger partial charge in [-0.25, -0.2) is 17.8 Å². The van der Waals surface area contributed by atoms with Crippen LogP contribution in [0.15, 0.2) is 29.6 Å². The van der Waals surface area contributed by atoms with Crippen LogP contribution in [0.2, 0.25) is 0 Å². The van der Waals surface area contributed by atoms with E-state index in [4.69, 9.17) is 4.74 Å². The van der Waals surface area contributed by atoms with Crippen molar-refractivity contribution in [1.82, 2.24) is 9.88 Å². The number of halogens is 1. The number of carbonyl (C=O) groups excluding carboxylic acids is 1. The van der Waals surface area contributed by atoms with Gasteiger partial charge in [-0.1, -0.05) is 0 Å². The van der Waals surface area contributed by atoms with Gasteiger partial charge >= 0.3 is 0 Å². The smallest absolute Gasteiger partial charge is 0.273 e. The van der Waals surface area contributed by atoms with Gasteiger partial charge in [0.05, 0.1) is 11.5 Å². The number of carbonyl (C=O) groups is 1. The molecule has 2 aromatic rings. The van der Waals surface area contributed by atoms with E-state index in [1.165, 1.54) is 40.5 Å². The van der Waals surface area contributed by atoms with Gasteiger partial charge in [-0.15, -0.1) is 11.3 Å². The van der Waals surface area contributed by atoms with Gasteiger partial charge in [-0.05, 0) is 30.7 Å². The van der Waals surface area contributed by atoms with E-state index >= 15 is 0 Å². The highest BCUT2D eigenvalue weighted by atomic mass is 32.2. The zero-order chi connectivity index (χ0) is 18.0. The van der Waals surface area contributed by atoms with Gasteiger partial charge in [-0.2, -0.15) is 0 Å². The number of aromatic nitrogens is 1. The summed E-state index contributed by atoms with van der Waals surface area (Å²) in [5.41, 5.74) is 0.273. The second-order valence-corrected chi connectivity index (χ2v) is 9.01. The van der Waals surface area contributed by atoms with E-state index < -0.39 is 9.84 Å². The second-order valence-electron chi connectivity index (χ2n) is 5.84. The number of amides is 1. The maximum Gasteiger partial charge on any atom is 0.273 e. The van der Waals surface area contributed by atoms with Gasteiger partial charge in [0.1, 0.15) is 28.9 Å². The molecule has 1 aliphatic rings. The van der Waals surface area contributed by atoms with E-state index in [-0.39, 0.29) is 41.6 Å². The molecular weight excluding hydrogens is 367 g/mol. The topological polar surface area (TPSA) is 76.6 Å². The first-order valence-electron chi connectivity index (χ1n) is 7.64. The van der Waals surface area contributed by atoms with Gasteiger partial charge in [0.2, 0.25) is 0 Å². The van der Waals surface area contributed by atoms with Crippen molar-refractivity contribution in [1.29, 1.82) is 0 Å². The molecule has 1 amide bonds. The standard InChI is InChI=1S/C16H17FN2O4S2/c1-19(12-6-7-25(21,22)10-12)16(20)14-9-24-15(18-14)8-23-13-4-2-11(17)3-5-13/h2-5,9,12H,6-8,10H2,1H3. The largest absolute Gasteiger partial charge is 0.486 e. The molecule has 1 fully saturated rings. The van der Waals surface area contributed by atoms with Crippen LogP contribution in [0.5, 0.6) is 5.75 Å². The first-order valence-corrected chi connectivity index (χ1v) is 10.3. The minimum Gasteiger partial charge on any atom is -0.486 e. The number of benzene rings is 1. The summed E-state index contributed by atoms with van der Waals surface area (Å²) in [5.74, 6) is -0.0150. The van der Waals surface area contributed by atoms with Crippen LogP contribution in [0.1, 0.15) is 21.9 Å². The van der Waals surface area contributed by atoms with Gasteiger partial charge in [0.25, 0.3) is 5.91 Å². The van der Waals surface area contributed by atoms with Crippen molar-refractivity contribution >= 4 is 27.1 Å². The summed E-state index contributed by atoms with van der Waals surface area (Å²) in [7, 11) is -1.45. The van der Waals surface area contributed by atoms with Crippen molar-refractivity contribution < 1.29 is 22.3 Å². The van der Waals surface area contributed by atoms with Crippen LogP contribution in [-0.2, 0) is 16.4 Å². The lowest BCUT2D eigenvalue weighted by Gasteiger charge is -2.22. The molecule has 1 atom stereocenters. The molecule has 1 aromatic heterocycles. The molecule has 1 aliphatic heterocycles. The number of hydrogen-bond acceptors (Lipinski definition) is 6. The number of thiazole rings is 1. The molecule has 134 valence electrons. The van der Waals surface area contributed by atoms with Gasteiger partial charge in [0.15, 0.2) is 9.84 Å². The van der Waals surface area contributed by atoms with E-state index in [1.54, 1.807) is 12.4 Å². The van der Waals surface area contributed by atoms with Crippen LogP contribution in [-0.4, -0.2) is 48.8 Å². The minimum absolute atomic E-state index is 0.0000871. The fraction of sp³-hybridized carbons (Fsp3) is 0.375. The molecule has 9 heteroatoms. The number of sulfone groups is 1. The molecule has 25 heavy (non-hydrogen) atoms. The van der Waals surface area contributed by atoms with Crippen molar-refractivity contribution in [3.63, 3.8) is 0 Å². The van der Waals surface area contributed by atoms with E-state index in [2.05, 4.69) is 4.98 Å². The van der Waals surface area contributed by atoms with Crippen molar-refractivity contribution in [2.45, 2.75) is 19.1 Å². The van der Waals surface area contributed by atoms with Crippen LogP contribution in [0, 0.1) is 5.82 Å². The number of hydrogen-bond donors (Lipinski definition) is 0. The molecule has 0 bridgehead atoms. The number of nitrogens with zero attached hydrogens (tertiary/aromatic N) is 2. The van der Waals surface area contributed by atoms with Crippen molar-refractivity contribution in [3.05, 3.63) is 46.2 Å². The molecule has 0 N–H and O–H groups in total. The molecule has 0 saturated carbocycles. The predicted molar refractivity (Wildman–Crippen MR) is 92.0 cm³/mol. The second kappa shape index (κ2) is 7.09. The first-order chi connectivity index (χ1) is 11.8. The SMILES string of the molecule is CN(C(=O)c1csc(COc2ccc(F)cc2)n1)C1CCS(=O)(=O)C1. The van der Waals surface area contributed by atoms with Crippen LogP contribution >= 0.6 is 11.3 Å². The molecule has 6 nitrogen and oxygen atoms in total. The van der Waals surface area contributed by atoms with Gasteiger partial charge < -0.3 is 9.64 Å². The first kappa shape index (κ1) is 17.8. The fourth-order valence-electron chi connectivity index (χ4n) is 2.58. The molecule has 1 saturated heterocycles. The number of rotatable bonds is 5. The maximum atomic E-state index is 12.8. The van der Waals surface area contributed by atoms with E-state index in [9.17, 15) is 17.6 Å². The quantitative estimate of drug-likeness (QED) is 0.789. The summed E-state index contributed by atoms with van der Waals surface area (Å²) in [5, 5.41) is 2.24. The normalized spacial score (nSPS) is 18.9. The lowest BCUT2D eigenvalue weighted by molar-refractivity contribution is 0.0742. The van der Waals surface area contributed by atoms with Gasteiger partial charge in [-0.3, -0.25) is 4.79 Å². The summed E-state index contributed by atoms with van der Waals surface area (Å²) in [6.45, 7) is 0.172. The van der Waals surface area contributed by atoms with Crippen LogP contribution in [0.25, 0.3) is 0 Å². The summed E-state index contributed by atoms with van der Waals surface area (Å²) in [6.07, 6.45) is 0.454. The Balaban J connectivity index is 1.60. The maximum absolute atomic E-state index is 12.8. The summed E-state index contributed by atoms with van der Waals surface area (Å²) in [4.78, 5) is 18.2. The Hall–Kier alpha value is -2.00. The monoisotopic (exact) mass is 384 g/mol. The zero-order valence-corrected chi connectivity index (χ0v) is 15.1. The molecule has 3 rings (SSSR count). The molecule has 0 aliphatic carbocycles. The van der Waals surface area contributed by atoms with E-state index in [1.807, 2.05) is 0 Å². The molecule has 0 radical (unpaired) electrons. The van der Waals surface area contributed by atoms with Crippen LogP contribution < -0.4 is 4.74 Å². The Labute approximate surface area is 149 Å². The van der Waals surface area contributed by atoms with Crippen molar-refractivity contribution in [2.75, 3.05) is 18.6 Å². The Morgan fingerprint density at radius 2 is 2.12 bits per heavy atom. The molecule has 0 spiro atoms. The Morgan fingerprint density at radius 3 is 2.76 bits per heavy atom. The molecule has 2 heterocycles. The highest BCUT2D eigenvalue weighted by Gasteiger charge is 2.33. The average molecular weight is 384 g/mol. The molecule has 1 unspecified atom stereocenters. The minimum atomic E-state index is -3.05. The fourth-order valence-corrected chi connectivity index (χ4v) is 5.03. The predicted octanol–water partition coefficient (Wildman–Crippen LogP) is 2.12. The van der Waals surface area contributed by atoms with Gasteiger partial charge in [0, 0.05) is 18.5 Å². The van der Waals surface area contributed by atoms with E-state index in [0.29, 0.717) is 17.2 Å². The molecule has 1 aromatic carbocycles. The summed E-state index contributed by atoms with van der Waals surface area (Å²) < 4.78 is 41.5. The van der Waals surface area contributed by atoms with E-state index in [0.717, 1.165) is 0 Å². The van der Waals surface area contributed by atoms with Crippen molar-refractivity contribution in [2.24, 2.45) is 0 Å². The number of ether oxygens (including phenoxy) is 1. The lowest BCUT2D eigenvalue weighted by Crippen LogP contribution is -2.38. The Kier molecular flexibility index (Phi) is 5.05. The third kappa shape index (κ3) is 4.35. The van der Waals surface area contributed by atoms with Crippen molar-refractivity contribution in [3.8, 4) is 5.75 Å². The summed E-state index contributed by atoms with van der Waals surface area (Å²) >= 11 is 1.28. The zero-order valence-electron chi connectivity index (χ0n) is 13.5. The highest BCUT2D eigenvalue weighted by molar-refractivity contribution is 7.91. The average Bonchev–Trinajstić information content (AvgIpc) is 3.19.